The molecule has 3 N–H and O–H groups in total. The first-order valence-corrected chi connectivity index (χ1v) is 5.63. The topological polar surface area (TPSA) is 52.5 Å². The zero-order valence-corrected chi connectivity index (χ0v) is 9.29. The maximum atomic E-state index is 10.2. The molecule has 1 fully saturated rings. The smallest absolute Gasteiger partial charge is 0.0774 e. The van der Waals surface area contributed by atoms with Crippen LogP contribution in [0.1, 0.15) is 39.5 Å². The Morgan fingerprint density at radius 3 is 2.86 bits per heavy atom. The third kappa shape index (κ3) is 3.95. The normalized spacial score (nSPS) is 35.6. The molecule has 1 rings (SSSR count). The molecule has 0 amide bonds. The van der Waals surface area contributed by atoms with Crippen molar-refractivity contribution in [3.05, 3.63) is 0 Å². The van der Waals surface area contributed by atoms with Crippen LogP contribution in [0.2, 0.25) is 0 Å². The van der Waals surface area contributed by atoms with Gasteiger partial charge in [0.15, 0.2) is 0 Å². The molecule has 0 aromatic heterocycles. The van der Waals surface area contributed by atoms with Crippen LogP contribution in [0.4, 0.5) is 0 Å². The largest absolute Gasteiger partial charge is 0.392 e. The lowest BCUT2D eigenvalue weighted by atomic mass is 9.79. The summed E-state index contributed by atoms with van der Waals surface area (Å²) >= 11 is 0. The van der Waals surface area contributed by atoms with E-state index in [1.165, 1.54) is 6.42 Å². The number of rotatable bonds is 4. The second kappa shape index (κ2) is 5.10. The van der Waals surface area contributed by atoms with E-state index >= 15 is 0 Å². The van der Waals surface area contributed by atoms with Crippen LogP contribution < -0.4 is 5.32 Å². The highest BCUT2D eigenvalue weighted by Gasteiger charge is 2.31. The van der Waals surface area contributed by atoms with Gasteiger partial charge in [-0.1, -0.05) is 19.8 Å². The summed E-state index contributed by atoms with van der Waals surface area (Å²) in [6.45, 7) is 5.12. The molecule has 0 aromatic carbocycles. The molecule has 0 bridgehead atoms. The summed E-state index contributed by atoms with van der Waals surface area (Å²) in [6, 6.07) is 0. The number of hydrogen-bond acceptors (Lipinski definition) is 3. The quantitative estimate of drug-likeness (QED) is 0.633. The second-order valence-corrected chi connectivity index (χ2v) is 4.91. The first-order valence-electron chi connectivity index (χ1n) is 5.63. The Morgan fingerprint density at radius 1 is 1.57 bits per heavy atom. The van der Waals surface area contributed by atoms with Crippen molar-refractivity contribution in [2.45, 2.75) is 51.2 Å². The fourth-order valence-electron chi connectivity index (χ4n) is 2.31. The SMILES string of the molecule is CC1CCCC(O)(CNC[C@@H](C)O)C1. The van der Waals surface area contributed by atoms with Gasteiger partial charge in [0.1, 0.15) is 0 Å². The standard InChI is InChI=1S/C11H23NO2/c1-9-4-3-5-11(14,6-9)8-12-7-10(2)13/h9-10,12-14H,3-8H2,1-2H3/t9?,10-,11?/m1/s1. The van der Waals surface area contributed by atoms with Crippen molar-refractivity contribution in [1.29, 1.82) is 0 Å². The first kappa shape index (κ1) is 12.0. The highest BCUT2D eigenvalue weighted by atomic mass is 16.3. The molecule has 0 saturated heterocycles. The molecule has 3 heteroatoms. The molecule has 1 aliphatic rings. The van der Waals surface area contributed by atoms with Crippen molar-refractivity contribution < 1.29 is 10.2 Å². The summed E-state index contributed by atoms with van der Waals surface area (Å²) in [5.41, 5.74) is -0.535. The van der Waals surface area contributed by atoms with Crippen LogP contribution in [0.5, 0.6) is 0 Å². The zero-order chi connectivity index (χ0) is 10.6. The highest BCUT2D eigenvalue weighted by Crippen LogP contribution is 2.31. The summed E-state index contributed by atoms with van der Waals surface area (Å²) in [4.78, 5) is 0. The van der Waals surface area contributed by atoms with Gasteiger partial charge >= 0.3 is 0 Å². The van der Waals surface area contributed by atoms with E-state index in [1.807, 2.05) is 0 Å². The van der Waals surface area contributed by atoms with Crippen molar-refractivity contribution in [2.75, 3.05) is 13.1 Å². The predicted octanol–water partition coefficient (Wildman–Crippen LogP) is 0.898. The Labute approximate surface area is 86.5 Å². The molecule has 84 valence electrons. The minimum atomic E-state index is -0.535. The van der Waals surface area contributed by atoms with Gasteiger partial charge in [-0.25, -0.2) is 0 Å². The fourth-order valence-corrected chi connectivity index (χ4v) is 2.31. The number of aliphatic hydroxyl groups is 2. The van der Waals surface area contributed by atoms with Crippen LogP contribution in [-0.2, 0) is 0 Å². The lowest BCUT2D eigenvalue weighted by Gasteiger charge is -2.35. The van der Waals surface area contributed by atoms with E-state index in [0.717, 1.165) is 19.3 Å². The Bertz CT molecular complexity index is 173. The molecular weight excluding hydrogens is 178 g/mol. The fraction of sp³-hybridized carbons (Fsp3) is 1.00. The molecule has 14 heavy (non-hydrogen) atoms. The Morgan fingerprint density at radius 2 is 2.29 bits per heavy atom. The first-order chi connectivity index (χ1) is 6.52. The molecular formula is C11H23NO2. The van der Waals surface area contributed by atoms with E-state index in [1.54, 1.807) is 6.92 Å². The van der Waals surface area contributed by atoms with E-state index in [9.17, 15) is 5.11 Å². The second-order valence-electron chi connectivity index (χ2n) is 4.91. The van der Waals surface area contributed by atoms with Gasteiger partial charge in [-0.3, -0.25) is 0 Å². The molecule has 0 heterocycles. The van der Waals surface area contributed by atoms with E-state index in [4.69, 9.17) is 5.11 Å². The van der Waals surface area contributed by atoms with Crippen LogP contribution in [-0.4, -0.2) is 35.0 Å². The molecule has 3 nitrogen and oxygen atoms in total. The van der Waals surface area contributed by atoms with Crippen molar-refractivity contribution >= 4 is 0 Å². The zero-order valence-electron chi connectivity index (χ0n) is 9.29. The third-order valence-electron chi connectivity index (χ3n) is 2.96. The van der Waals surface area contributed by atoms with Crippen molar-refractivity contribution in [3.8, 4) is 0 Å². The van der Waals surface area contributed by atoms with E-state index in [0.29, 0.717) is 19.0 Å². The summed E-state index contributed by atoms with van der Waals surface area (Å²) in [5, 5.41) is 22.4. The summed E-state index contributed by atoms with van der Waals surface area (Å²) in [5.74, 6) is 0.627. The lowest BCUT2D eigenvalue weighted by Crippen LogP contribution is -2.45. The molecule has 3 atom stereocenters. The Kier molecular flexibility index (Phi) is 4.35. The van der Waals surface area contributed by atoms with Crippen LogP contribution in [0.15, 0.2) is 0 Å². The van der Waals surface area contributed by atoms with Gasteiger partial charge in [0.05, 0.1) is 11.7 Å². The summed E-state index contributed by atoms with van der Waals surface area (Å²) < 4.78 is 0. The van der Waals surface area contributed by atoms with E-state index in [2.05, 4.69) is 12.2 Å². The average Bonchev–Trinajstić information content (AvgIpc) is 2.01. The van der Waals surface area contributed by atoms with Gasteiger partial charge in [-0.15, -0.1) is 0 Å². The minimum Gasteiger partial charge on any atom is -0.392 e. The van der Waals surface area contributed by atoms with Gasteiger partial charge < -0.3 is 15.5 Å². The predicted molar refractivity (Wildman–Crippen MR) is 57.1 cm³/mol. The van der Waals surface area contributed by atoms with Gasteiger partial charge in [0.25, 0.3) is 0 Å². The van der Waals surface area contributed by atoms with Crippen molar-refractivity contribution in [1.82, 2.24) is 5.32 Å². The maximum absolute atomic E-state index is 10.2. The van der Waals surface area contributed by atoms with Gasteiger partial charge in [-0.05, 0) is 25.7 Å². The molecule has 0 aromatic rings. The van der Waals surface area contributed by atoms with Crippen LogP contribution in [0.25, 0.3) is 0 Å². The average molecular weight is 201 g/mol. The number of aliphatic hydroxyl groups excluding tert-OH is 1. The Hall–Kier alpha value is -0.120. The monoisotopic (exact) mass is 201 g/mol. The summed E-state index contributed by atoms with van der Waals surface area (Å²) in [7, 11) is 0. The number of nitrogens with one attached hydrogen (secondary N) is 1. The van der Waals surface area contributed by atoms with Gasteiger partial charge in [-0.2, -0.15) is 0 Å². The van der Waals surface area contributed by atoms with Gasteiger partial charge in [0, 0.05) is 13.1 Å². The molecule has 0 spiro atoms. The molecule has 1 aliphatic carbocycles. The maximum Gasteiger partial charge on any atom is 0.0774 e. The third-order valence-corrected chi connectivity index (χ3v) is 2.96. The highest BCUT2D eigenvalue weighted by molar-refractivity contribution is 4.87. The molecule has 1 saturated carbocycles. The van der Waals surface area contributed by atoms with E-state index < -0.39 is 5.60 Å². The van der Waals surface area contributed by atoms with Crippen LogP contribution >= 0.6 is 0 Å². The number of hydrogen-bond donors (Lipinski definition) is 3. The van der Waals surface area contributed by atoms with Crippen molar-refractivity contribution in [2.24, 2.45) is 5.92 Å². The van der Waals surface area contributed by atoms with Crippen LogP contribution in [0.3, 0.4) is 0 Å². The minimum absolute atomic E-state index is 0.334. The summed E-state index contributed by atoms with van der Waals surface area (Å²) in [6.07, 6.45) is 3.80. The van der Waals surface area contributed by atoms with Crippen LogP contribution in [0, 0.1) is 5.92 Å². The lowest BCUT2D eigenvalue weighted by molar-refractivity contribution is -0.0131. The Balaban J connectivity index is 2.26. The van der Waals surface area contributed by atoms with Gasteiger partial charge in [0.2, 0.25) is 0 Å². The van der Waals surface area contributed by atoms with E-state index in [-0.39, 0.29) is 6.10 Å². The van der Waals surface area contributed by atoms with Crippen molar-refractivity contribution in [3.63, 3.8) is 0 Å². The molecule has 0 radical (unpaired) electrons. The molecule has 0 aliphatic heterocycles. The molecule has 2 unspecified atom stereocenters.